The van der Waals surface area contributed by atoms with E-state index in [2.05, 4.69) is 33.4 Å². The first-order valence-electron chi connectivity index (χ1n) is 14.0. The molecule has 4 aliphatic rings. The first-order valence-corrected chi connectivity index (χ1v) is 14.0. The van der Waals surface area contributed by atoms with E-state index >= 15 is 0 Å². The molecule has 9 unspecified atom stereocenters. The molecule has 0 heterocycles. The van der Waals surface area contributed by atoms with E-state index in [1.54, 1.807) is 0 Å². The second kappa shape index (κ2) is 11.9. The molecule has 1 heteroatoms. The molecule has 4 rings (SSSR count). The van der Waals surface area contributed by atoms with Crippen molar-refractivity contribution in [1.29, 1.82) is 5.26 Å². The Balaban J connectivity index is 0.000000807. The molecule has 31 heavy (non-hydrogen) atoms. The van der Waals surface area contributed by atoms with E-state index < -0.39 is 0 Å². The molecule has 0 saturated heterocycles. The number of fused-ring (bicyclic) bond motifs is 5. The smallest absolute Gasteiger partial charge is 0.0659 e. The zero-order valence-corrected chi connectivity index (χ0v) is 22.1. The summed E-state index contributed by atoms with van der Waals surface area (Å²) in [5.41, 5.74) is 1.89. The number of nitriles is 1. The molecule has 0 aromatic heterocycles. The van der Waals surface area contributed by atoms with Gasteiger partial charge in [-0.15, -0.1) is 6.58 Å². The summed E-state index contributed by atoms with van der Waals surface area (Å²) >= 11 is 0. The molecule has 4 fully saturated rings. The van der Waals surface area contributed by atoms with Crippen LogP contribution < -0.4 is 0 Å². The van der Waals surface area contributed by atoms with E-state index in [1.165, 1.54) is 76.2 Å². The summed E-state index contributed by atoms with van der Waals surface area (Å²) < 4.78 is 0. The average Bonchev–Trinajstić information content (AvgIpc) is 3.24. The topological polar surface area (TPSA) is 23.8 Å². The Morgan fingerprint density at radius 2 is 1.71 bits per heavy atom. The van der Waals surface area contributed by atoms with Gasteiger partial charge in [-0.2, -0.15) is 5.26 Å². The van der Waals surface area contributed by atoms with Gasteiger partial charge in [0.25, 0.3) is 0 Å². The van der Waals surface area contributed by atoms with Crippen molar-refractivity contribution in [2.45, 2.75) is 119 Å². The molecule has 178 valence electrons. The third kappa shape index (κ3) is 5.25. The zero-order chi connectivity index (χ0) is 23.2. The summed E-state index contributed by atoms with van der Waals surface area (Å²) in [6, 6.07) is 2.84. The van der Waals surface area contributed by atoms with E-state index in [1.807, 2.05) is 27.7 Å². The van der Waals surface area contributed by atoms with E-state index in [0.717, 1.165) is 35.5 Å². The highest BCUT2D eigenvalue weighted by Gasteiger charge is 2.58. The predicted molar refractivity (Wildman–Crippen MR) is 136 cm³/mol. The minimum Gasteiger partial charge on any atom is -0.198 e. The summed E-state index contributed by atoms with van der Waals surface area (Å²) in [5, 5.41) is 10.1. The fourth-order valence-electron chi connectivity index (χ4n) is 8.55. The minimum atomic E-state index is 0.350. The molecule has 0 aromatic carbocycles. The largest absolute Gasteiger partial charge is 0.198 e. The Hall–Kier alpha value is -0.770. The van der Waals surface area contributed by atoms with Crippen molar-refractivity contribution in [3.63, 3.8) is 0 Å². The summed E-state index contributed by atoms with van der Waals surface area (Å²) in [4.78, 5) is 0. The summed E-state index contributed by atoms with van der Waals surface area (Å²) in [6.07, 6.45) is 15.1. The van der Waals surface area contributed by atoms with Crippen molar-refractivity contribution in [2.75, 3.05) is 0 Å². The molecule has 1 nitrogen and oxygen atoms in total. The molecule has 0 radical (unpaired) electrons. The lowest BCUT2D eigenvalue weighted by Crippen LogP contribution is -2.53. The standard InChI is InChI=1S/C26H41N.2C2H6/c1-17(2)8-9-18(3)21-10-11-23-22(21)12-13-24-25(23)19(16-27)15-20-7-5-6-14-26(20,24)4;2*1-2/h18-25H,1,5-15H2,2-4H3;2*1-2H3. The van der Waals surface area contributed by atoms with Crippen molar-refractivity contribution in [2.24, 2.45) is 52.8 Å². The van der Waals surface area contributed by atoms with Crippen LogP contribution in [-0.2, 0) is 0 Å². The quantitative estimate of drug-likeness (QED) is 0.410. The first-order chi connectivity index (χ1) is 15.0. The van der Waals surface area contributed by atoms with E-state index in [9.17, 15) is 5.26 Å². The second-order valence-electron chi connectivity index (χ2n) is 11.2. The van der Waals surface area contributed by atoms with Crippen LogP contribution in [0, 0.1) is 64.1 Å². The highest BCUT2D eigenvalue weighted by atomic mass is 14.6. The van der Waals surface area contributed by atoms with E-state index in [-0.39, 0.29) is 0 Å². The zero-order valence-electron chi connectivity index (χ0n) is 22.1. The molecule has 4 saturated carbocycles. The Morgan fingerprint density at radius 3 is 2.35 bits per heavy atom. The van der Waals surface area contributed by atoms with Crippen molar-refractivity contribution < 1.29 is 0 Å². The van der Waals surface area contributed by atoms with Gasteiger partial charge in [0.1, 0.15) is 0 Å². The van der Waals surface area contributed by atoms with Crippen molar-refractivity contribution in [1.82, 2.24) is 0 Å². The molecular formula is C30H53N. The monoisotopic (exact) mass is 427 g/mol. The summed E-state index contributed by atoms with van der Waals surface area (Å²) in [7, 11) is 0. The van der Waals surface area contributed by atoms with Gasteiger partial charge in [0.2, 0.25) is 0 Å². The summed E-state index contributed by atoms with van der Waals surface area (Å²) in [5.74, 6) is 6.24. The molecule has 0 aliphatic heterocycles. The maximum absolute atomic E-state index is 10.1. The summed E-state index contributed by atoms with van der Waals surface area (Å²) in [6.45, 7) is 19.4. The van der Waals surface area contributed by atoms with Crippen LogP contribution in [0.4, 0.5) is 0 Å². The molecule has 0 amide bonds. The van der Waals surface area contributed by atoms with Crippen LogP contribution in [0.3, 0.4) is 0 Å². The van der Waals surface area contributed by atoms with Crippen LogP contribution in [0.15, 0.2) is 12.2 Å². The second-order valence-corrected chi connectivity index (χ2v) is 11.2. The fourth-order valence-corrected chi connectivity index (χ4v) is 8.55. The average molecular weight is 428 g/mol. The number of hydrogen-bond donors (Lipinski definition) is 0. The lowest BCUT2D eigenvalue weighted by molar-refractivity contribution is -0.106. The molecule has 0 N–H and O–H groups in total. The highest BCUT2D eigenvalue weighted by molar-refractivity contribution is 5.11. The molecule has 0 bridgehead atoms. The van der Waals surface area contributed by atoms with Crippen LogP contribution in [0.25, 0.3) is 0 Å². The Kier molecular flexibility index (Phi) is 10.2. The molecular weight excluding hydrogens is 374 g/mol. The Morgan fingerprint density at radius 1 is 1.03 bits per heavy atom. The first kappa shape index (κ1) is 26.5. The van der Waals surface area contributed by atoms with Crippen LogP contribution in [-0.4, -0.2) is 0 Å². The van der Waals surface area contributed by atoms with Gasteiger partial charge in [-0.05, 0) is 112 Å². The van der Waals surface area contributed by atoms with Crippen LogP contribution >= 0.6 is 0 Å². The van der Waals surface area contributed by atoms with Gasteiger partial charge in [0, 0.05) is 5.92 Å². The number of nitrogens with zero attached hydrogens (tertiary/aromatic N) is 1. The number of rotatable bonds is 4. The minimum absolute atomic E-state index is 0.350. The molecule has 0 spiro atoms. The van der Waals surface area contributed by atoms with Gasteiger partial charge >= 0.3 is 0 Å². The molecule has 0 aromatic rings. The number of hydrogen-bond acceptors (Lipinski definition) is 1. The van der Waals surface area contributed by atoms with Gasteiger partial charge in [0.05, 0.1) is 6.07 Å². The normalized spacial score (nSPS) is 41.5. The molecule has 9 atom stereocenters. The highest BCUT2D eigenvalue weighted by Crippen LogP contribution is 2.65. The predicted octanol–water partition coefficient (Wildman–Crippen LogP) is 9.44. The maximum Gasteiger partial charge on any atom is 0.0659 e. The Bertz CT molecular complexity index is 600. The molecule has 4 aliphatic carbocycles. The third-order valence-corrected chi connectivity index (χ3v) is 9.93. The van der Waals surface area contributed by atoms with Gasteiger partial charge in [-0.3, -0.25) is 0 Å². The van der Waals surface area contributed by atoms with Gasteiger partial charge in [0.15, 0.2) is 0 Å². The van der Waals surface area contributed by atoms with Gasteiger partial charge < -0.3 is 0 Å². The van der Waals surface area contributed by atoms with Crippen LogP contribution in [0.5, 0.6) is 0 Å². The van der Waals surface area contributed by atoms with Gasteiger partial charge in [-0.25, -0.2) is 0 Å². The van der Waals surface area contributed by atoms with Crippen LogP contribution in [0.2, 0.25) is 0 Å². The third-order valence-electron chi connectivity index (χ3n) is 9.93. The fraction of sp³-hybridized carbons (Fsp3) is 0.900. The van der Waals surface area contributed by atoms with Crippen molar-refractivity contribution in [3.8, 4) is 6.07 Å². The van der Waals surface area contributed by atoms with Gasteiger partial charge in [-0.1, -0.05) is 60.0 Å². The van der Waals surface area contributed by atoms with Crippen molar-refractivity contribution in [3.05, 3.63) is 12.2 Å². The number of allylic oxidation sites excluding steroid dienone is 1. The van der Waals surface area contributed by atoms with E-state index in [4.69, 9.17) is 0 Å². The lowest BCUT2D eigenvalue weighted by atomic mass is 9.44. The lowest BCUT2D eigenvalue weighted by Gasteiger charge is -2.59. The van der Waals surface area contributed by atoms with Crippen LogP contribution in [0.1, 0.15) is 119 Å². The SMILES string of the molecule is C=C(C)CCC(C)C1CCC2C1CCC1C2C(C#N)CC2CCCCC21C.CC.CC. The maximum atomic E-state index is 10.1. The van der Waals surface area contributed by atoms with Crippen molar-refractivity contribution >= 4 is 0 Å². The Labute approximate surface area is 195 Å². The van der Waals surface area contributed by atoms with E-state index in [0.29, 0.717) is 17.3 Å².